The first-order valence-electron chi connectivity index (χ1n) is 12.8. The molecule has 12 heteroatoms. The van der Waals surface area contributed by atoms with E-state index in [0.29, 0.717) is 22.2 Å². The number of nitrogens with two attached hydrogens (primary N) is 1. The van der Waals surface area contributed by atoms with Crippen LogP contribution in [0.25, 0.3) is 21.8 Å². The van der Waals surface area contributed by atoms with Crippen LogP contribution < -0.4 is 21.4 Å². The third-order valence-electron chi connectivity index (χ3n) is 5.97. The first-order valence-corrected chi connectivity index (χ1v) is 12.8. The van der Waals surface area contributed by atoms with Crippen LogP contribution in [-0.4, -0.2) is 64.2 Å². The maximum Gasteiger partial charge on any atom is 0.407 e. The zero-order chi connectivity index (χ0) is 29.0. The van der Waals surface area contributed by atoms with Crippen molar-refractivity contribution in [2.75, 3.05) is 24.5 Å². The summed E-state index contributed by atoms with van der Waals surface area (Å²) in [4.78, 5) is 58.3. The second kappa shape index (κ2) is 11.5. The summed E-state index contributed by atoms with van der Waals surface area (Å²) in [6, 6.07) is 12.9. The van der Waals surface area contributed by atoms with Gasteiger partial charge in [-0.25, -0.2) is 20.3 Å². The minimum atomic E-state index is -0.683. The second-order valence-electron chi connectivity index (χ2n) is 10.1. The molecule has 0 bridgehead atoms. The number of benzene rings is 2. The van der Waals surface area contributed by atoms with Gasteiger partial charge >= 0.3 is 12.1 Å². The van der Waals surface area contributed by atoms with Crippen LogP contribution in [0.5, 0.6) is 0 Å². The summed E-state index contributed by atoms with van der Waals surface area (Å²) in [5, 5.41) is 7.81. The van der Waals surface area contributed by atoms with Gasteiger partial charge in [0, 0.05) is 47.8 Å². The Kier molecular flexibility index (Phi) is 8.10. The van der Waals surface area contributed by atoms with Crippen LogP contribution in [-0.2, 0) is 4.74 Å². The predicted molar refractivity (Wildman–Crippen MR) is 152 cm³/mol. The maximum absolute atomic E-state index is 13.6. The van der Waals surface area contributed by atoms with E-state index in [4.69, 9.17) is 10.6 Å². The Morgan fingerprint density at radius 2 is 1.68 bits per heavy atom. The lowest BCUT2D eigenvalue weighted by atomic mass is 10.1. The van der Waals surface area contributed by atoms with Gasteiger partial charge in [0.05, 0.1) is 5.69 Å². The Balaban J connectivity index is 1.50. The molecule has 40 heavy (non-hydrogen) atoms. The summed E-state index contributed by atoms with van der Waals surface area (Å²) in [5.41, 5.74) is 1.63. The SMILES string of the molecule is CCN(N)C(=O)N(C(=O)c1cc2cc(C(=O)NCCNC(=O)OC(C)(C)C)ccc2[nH]1)c1ccc2cc[nH]c2c1. The molecule has 0 radical (unpaired) electrons. The standard InChI is InChI=1S/C28H33N7O5/c1-5-34(29)27(39)35(20-8-6-17-10-11-30-22(17)16-20)25(37)23-15-19-14-18(7-9-21(19)33-23)24(36)31-12-13-32-26(38)40-28(2,3)4/h6-11,14-16,30,33H,5,12-13,29H2,1-4H3,(H,31,36)(H,32,38). The largest absolute Gasteiger partial charge is 0.444 e. The summed E-state index contributed by atoms with van der Waals surface area (Å²) in [6.07, 6.45) is 1.21. The quantitative estimate of drug-likeness (QED) is 0.102. The van der Waals surface area contributed by atoms with Crippen LogP contribution in [0, 0.1) is 0 Å². The first-order chi connectivity index (χ1) is 19.0. The van der Waals surface area contributed by atoms with Gasteiger partial charge in [-0.1, -0.05) is 6.07 Å². The van der Waals surface area contributed by atoms with Crippen molar-refractivity contribution in [3.63, 3.8) is 0 Å². The molecular weight excluding hydrogens is 514 g/mol. The van der Waals surface area contributed by atoms with Crippen LogP contribution >= 0.6 is 0 Å². The van der Waals surface area contributed by atoms with Gasteiger partial charge in [0.25, 0.3) is 11.8 Å². The van der Waals surface area contributed by atoms with Gasteiger partial charge in [0.15, 0.2) is 0 Å². The minimum Gasteiger partial charge on any atom is -0.444 e. The van der Waals surface area contributed by atoms with E-state index in [1.807, 2.05) is 6.07 Å². The number of anilines is 1. The Hall–Kier alpha value is -4.84. The molecule has 0 saturated heterocycles. The zero-order valence-corrected chi connectivity index (χ0v) is 22.8. The molecule has 6 N–H and O–H groups in total. The average Bonchev–Trinajstić information content (AvgIpc) is 3.55. The van der Waals surface area contributed by atoms with E-state index in [-0.39, 0.29) is 31.2 Å². The van der Waals surface area contributed by atoms with Gasteiger partial charge in [0.1, 0.15) is 11.3 Å². The van der Waals surface area contributed by atoms with E-state index in [2.05, 4.69) is 20.6 Å². The molecule has 0 aliphatic heterocycles. The summed E-state index contributed by atoms with van der Waals surface area (Å²) in [7, 11) is 0. The van der Waals surface area contributed by atoms with Crippen LogP contribution in [0.2, 0.25) is 0 Å². The number of fused-ring (bicyclic) bond motifs is 2. The number of rotatable bonds is 7. The molecule has 0 fully saturated rings. The third-order valence-corrected chi connectivity index (χ3v) is 5.97. The number of urea groups is 1. The molecule has 0 spiro atoms. The number of amides is 5. The van der Waals surface area contributed by atoms with Crippen molar-refractivity contribution in [2.45, 2.75) is 33.3 Å². The van der Waals surface area contributed by atoms with E-state index in [9.17, 15) is 19.2 Å². The third kappa shape index (κ3) is 6.41. The Bertz CT molecular complexity index is 1570. The van der Waals surface area contributed by atoms with Crippen LogP contribution in [0.3, 0.4) is 0 Å². The van der Waals surface area contributed by atoms with Crippen molar-refractivity contribution >= 4 is 51.4 Å². The molecule has 0 atom stereocenters. The van der Waals surface area contributed by atoms with E-state index >= 15 is 0 Å². The van der Waals surface area contributed by atoms with E-state index in [0.717, 1.165) is 20.8 Å². The predicted octanol–water partition coefficient (Wildman–Crippen LogP) is 3.87. The number of imide groups is 1. The Morgan fingerprint density at radius 3 is 2.40 bits per heavy atom. The van der Waals surface area contributed by atoms with E-state index < -0.39 is 23.6 Å². The van der Waals surface area contributed by atoms with Crippen molar-refractivity contribution in [2.24, 2.45) is 5.84 Å². The summed E-state index contributed by atoms with van der Waals surface area (Å²) >= 11 is 0. The smallest absolute Gasteiger partial charge is 0.407 e. The number of H-pyrrole nitrogens is 2. The number of carbonyl (C=O) groups excluding carboxylic acids is 4. The number of carbonyl (C=O) groups is 4. The normalized spacial score (nSPS) is 11.3. The number of alkyl carbamates (subject to hydrolysis) is 1. The Labute approximate surface area is 230 Å². The number of nitrogens with zero attached hydrogens (tertiary/aromatic N) is 2. The zero-order valence-electron chi connectivity index (χ0n) is 22.8. The van der Waals surface area contributed by atoms with Gasteiger partial charge in [-0.3, -0.25) is 14.6 Å². The highest BCUT2D eigenvalue weighted by Crippen LogP contribution is 2.25. The lowest BCUT2D eigenvalue weighted by Gasteiger charge is -2.25. The minimum absolute atomic E-state index is 0.151. The number of nitrogens with one attached hydrogen (secondary N) is 4. The molecule has 0 aliphatic rings. The second-order valence-corrected chi connectivity index (χ2v) is 10.1. The van der Waals surface area contributed by atoms with Crippen LogP contribution in [0.1, 0.15) is 48.5 Å². The molecule has 4 aromatic rings. The molecule has 2 aromatic heterocycles. The molecule has 0 unspecified atom stereocenters. The molecule has 4 rings (SSSR count). The van der Waals surface area contributed by atoms with Crippen molar-refractivity contribution in [3.8, 4) is 0 Å². The van der Waals surface area contributed by atoms with Gasteiger partial charge < -0.3 is 25.3 Å². The van der Waals surface area contributed by atoms with Crippen molar-refractivity contribution in [1.29, 1.82) is 0 Å². The molecule has 210 valence electrons. The monoisotopic (exact) mass is 547 g/mol. The lowest BCUT2D eigenvalue weighted by molar-refractivity contribution is 0.0526. The van der Waals surface area contributed by atoms with Gasteiger partial charge in [-0.2, -0.15) is 0 Å². The average molecular weight is 548 g/mol. The Morgan fingerprint density at radius 1 is 0.925 bits per heavy atom. The number of hydrogen-bond donors (Lipinski definition) is 5. The van der Waals surface area contributed by atoms with Gasteiger partial charge in [0.2, 0.25) is 0 Å². The highest BCUT2D eigenvalue weighted by molar-refractivity contribution is 6.21. The van der Waals surface area contributed by atoms with Crippen LogP contribution in [0.4, 0.5) is 15.3 Å². The highest BCUT2D eigenvalue weighted by atomic mass is 16.6. The topological polar surface area (TPSA) is 166 Å². The van der Waals surface area contributed by atoms with Gasteiger partial charge in [-0.05, 0) is 75.5 Å². The number of aromatic nitrogens is 2. The molecular formula is C28H33N7O5. The number of ether oxygens (including phenoxy) is 1. The number of hydrazine groups is 1. The number of aromatic amines is 2. The number of hydrogen-bond acceptors (Lipinski definition) is 6. The molecule has 12 nitrogen and oxygen atoms in total. The molecule has 0 aliphatic carbocycles. The summed E-state index contributed by atoms with van der Waals surface area (Å²) in [5.74, 6) is 4.93. The lowest BCUT2D eigenvalue weighted by Crippen LogP contribution is -2.49. The molecule has 0 saturated carbocycles. The van der Waals surface area contributed by atoms with Crippen molar-refractivity contribution in [3.05, 3.63) is 66.0 Å². The first kappa shape index (κ1) is 28.2. The van der Waals surface area contributed by atoms with Crippen molar-refractivity contribution < 1.29 is 23.9 Å². The molecule has 2 heterocycles. The van der Waals surface area contributed by atoms with Crippen LogP contribution in [0.15, 0.2) is 54.7 Å². The maximum atomic E-state index is 13.6. The summed E-state index contributed by atoms with van der Waals surface area (Å²) < 4.78 is 5.16. The molecule has 2 aromatic carbocycles. The molecule has 5 amide bonds. The summed E-state index contributed by atoms with van der Waals surface area (Å²) in [6.45, 7) is 7.59. The fraction of sp³-hybridized carbons (Fsp3) is 0.286. The van der Waals surface area contributed by atoms with Gasteiger partial charge in [-0.15, -0.1) is 0 Å². The van der Waals surface area contributed by atoms with E-state index in [1.54, 1.807) is 76.4 Å². The highest BCUT2D eigenvalue weighted by Gasteiger charge is 2.29. The van der Waals surface area contributed by atoms with E-state index in [1.165, 1.54) is 0 Å². The fourth-order valence-corrected chi connectivity index (χ4v) is 4.02. The fourth-order valence-electron chi connectivity index (χ4n) is 4.02. The van der Waals surface area contributed by atoms with Crippen molar-refractivity contribution in [1.82, 2.24) is 25.6 Å².